The van der Waals surface area contributed by atoms with Gasteiger partial charge in [0.2, 0.25) is 11.8 Å². The molecule has 1 atom stereocenters. The molecule has 3 aromatic carbocycles. The third-order valence-electron chi connectivity index (χ3n) is 7.53. The third kappa shape index (κ3) is 8.55. The van der Waals surface area contributed by atoms with Crippen molar-refractivity contribution in [1.82, 2.24) is 14.7 Å². The maximum atomic E-state index is 13.6. The molecule has 0 fully saturated rings. The highest BCUT2D eigenvalue weighted by Crippen LogP contribution is 2.37. The van der Waals surface area contributed by atoms with Crippen molar-refractivity contribution in [1.29, 1.82) is 0 Å². The maximum Gasteiger partial charge on any atom is 0.336 e. The van der Waals surface area contributed by atoms with Crippen LogP contribution in [0.5, 0.6) is 5.75 Å². The van der Waals surface area contributed by atoms with E-state index in [0.29, 0.717) is 43.3 Å². The summed E-state index contributed by atoms with van der Waals surface area (Å²) in [5.41, 5.74) is 3.73. The van der Waals surface area contributed by atoms with Crippen molar-refractivity contribution >= 4 is 17.8 Å². The van der Waals surface area contributed by atoms with E-state index in [1.807, 2.05) is 104 Å². The van der Waals surface area contributed by atoms with Crippen LogP contribution in [-0.2, 0) is 32.3 Å². The minimum atomic E-state index is -0.491. The molecule has 0 bridgehead atoms. The van der Waals surface area contributed by atoms with E-state index in [2.05, 4.69) is 0 Å². The first-order valence-electron chi connectivity index (χ1n) is 14.7. The number of esters is 1. The summed E-state index contributed by atoms with van der Waals surface area (Å²) < 4.78 is 11.4. The number of benzene rings is 3. The molecule has 0 N–H and O–H groups in total. The Kier molecular flexibility index (Phi) is 11.1. The van der Waals surface area contributed by atoms with Gasteiger partial charge in [-0.2, -0.15) is 0 Å². The second-order valence-electron chi connectivity index (χ2n) is 10.9. The number of likely N-dealkylation sites (N-methyl/N-ethyl adjacent to an activating group) is 1. The van der Waals surface area contributed by atoms with Gasteiger partial charge in [-0.15, -0.1) is 0 Å². The molecule has 0 radical (unpaired) electrons. The van der Waals surface area contributed by atoms with Gasteiger partial charge in [-0.3, -0.25) is 9.59 Å². The summed E-state index contributed by atoms with van der Waals surface area (Å²) in [7, 11) is 3.92. The van der Waals surface area contributed by atoms with Gasteiger partial charge in [0.15, 0.2) is 0 Å². The first-order chi connectivity index (χ1) is 20.8. The molecule has 8 heteroatoms. The Bertz CT molecular complexity index is 1400. The first kappa shape index (κ1) is 31.5. The normalized spacial score (nSPS) is 15.0. The van der Waals surface area contributed by atoms with E-state index < -0.39 is 11.9 Å². The van der Waals surface area contributed by atoms with Gasteiger partial charge in [0.1, 0.15) is 18.9 Å². The molecule has 2 amide bonds. The van der Waals surface area contributed by atoms with Gasteiger partial charge in [0.05, 0.1) is 12.2 Å². The minimum Gasteiger partial charge on any atom is -0.489 e. The fraction of sp³-hybridized carbons (Fsp3) is 0.343. The van der Waals surface area contributed by atoms with E-state index >= 15 is 0 Å². The highest BCUT2D eigenvalue weighted by atomic mass is 16.5. The van der Waals surface area contributed by atoms with Crippen LogP contribution in [0.25, 0.3) is 0 Å². The lowest BCUT2D eigenvalue weighted by Gasteiger charge is -2.35. The van der Waals surface area contributed by atoms with Crippen molar-refractivity contribution in [2.24, 2.45) is 0 Å². The molecule has 0 spiro atoms. The van der Waals surface area contributed by atoms with E-state index in [1.165, 1.54) is 4.90 Å². The van der Waals surface area contributed by atoms with Crippen molar-refractivity contribution in [3.63, 3.8) is 0 Å². The zero-order chi connectivity index (χ0) is 30.8. The zero-order valence-electron chi connectivity index (χ0n) is 25.5. The molecule has 226 valence electrons. The largest absolute Gasteiger partial charge is 0.489 e. The fourth-order valence-corrected chi connectivity index (χ4v) is 5.15. The molecule has 1 aliphatic heterocycles. The number of carbonyl (C=O) groups is 3. The van der Waals surface area contributed by atoms with E-state index in [4.69, 9.17) is 9.47 Å². The predicted molar refractivity (Wildman–Crippen MR) is 166 cm³/mol. The average Bonchev–Trinajstić information content (AvgIpc) is 3.01. The van der Waals surface area contributed by atoms with Gasteiger partial charge in [-0.1, -0.05) is 72.8 Å². The summed E-state index contributed by atoms with van der Waals surface area (Å²) in [6, 6.07) is 27.2. The number of nitrogens with zero attached hydrogens (tertiary/aromatic N) is 3. The Morgan fingerprint density at radius 2 is 1.51 bits per heavy atom. The van der Waals surface area contributed by atoms with Gasteiger partial charge in [-0.25, -0.2) is 4.79 Å². The fourth-order valence-electron chi connectivity index (χ4n) is 5.15. The Hall–Kier alpha value is -4.43. The summed E-state index contributed by atoms with van der Waals surface area (Å²) in [5.74, 6) is -0.666. The molecule has 1 aliphatic rings. The molecular weight excluding hydrogens is 542 g/mol. The van der Waals surface area contributed by atoms with Crippen molar-refractivity contribution in [3.05, 3.63) is 113 Å². The zero-order valence-corrected chi connectivity index (χ0v) is 25.5. The van der Waals surface area contributed by atoms with Crippen LogP contribution in [-0.4, -0.2) is 72.8 Å². The second kappa shape index (κ2) is 15.2. The van der Waals surface area contributed by atoms with Crippen molar-refractivity contribution in [2.45, 2.75) is 39.3 Å². The van der Waals surface area contributed by atoms with Gasteiger partial charge >= 0.3 is 5.97 Å². The monoisotopic (exact) mass is 583 g/mol. The van der Waals surface area contributed by atoms with Gasteiger partial charge in [0, 0.05) is 37.7 Å². The number of allylic oxidation sites excluding steroid dienone is 1. The predicted octanol–water partition coefficient (Wildman–Crippen LogP) is 5.01. The molecule has 43 heavy (non-hydrogen) atoms. The molecule has 1 unspecified atom stereocenters. The SMILES string of the molecule is CCOC(=O)C1=C(C)N(CC(=O)N(CCN(C)C)Cc2ccccc2)C(=O)CC1c1ccc(OCc2ccccc2)cc1. The number of ether oxygens (including phenoxy) is 2. The van der Waals surface area contributed by atoms with Crippen LogP contribution in [0.15, 0.2) is 96.2 Å². The lowest BCUT2D eigenvalue weighted by Crippen LogP contribution is -2.46. The Morgan fingerprint density at radius 3 is 2.12 bits per heavy atom. The summed E-state index contributed by atoms with van der Waals surface area (Å²) in [6.07, 6.45) is 0.0549. The molecule has 0 aliphatic carbocycles. The van der Waals surface area contributed by atoms with Crippen LogP contribution in [0.2, 0.25) is 0 Å². The number of hydrogen-bond donors (Lipinski definition) is 0. The van der Waals surface area contributed by atoms with Crippen LogP contribution < -0.4 is 4.74 Å². The summed E-state index contributed by atoms with van der Waals surface area (Å²) in [4.78, 5) is 45.7. The van der Waals surface area contributed by atoms with Gasteiger partial charge in [0.25, 0.3) is 0 Å². The Labute approximate surface area is 254 Å². The van der Waals surface area contributed by atoms with Crippen LogP contribution in [0.1, 0.15) is 42.9 Å². The number of rotatable bonds is 13. The highest BCUT2D eigenvalue weighted by Gasteiger charge is 2.38. The van der Waals surface area contributed by atoms with E-state index in [0.717, 1.165) is 16.7 Å². The van der Waals surface area contributed by atoms with Gasteiger partial charge < -0.3 is 24.2 Å². The summed E-state index contributed by atoms with van der Waals surface area (Å²) in [5, 5.41) is 0. The van der Waals surface area contributed by atoms with E-state index in [-0.39, 0.29) is 31.4 Å². The Morgan fingerprint density at radius 1 is 0.884 bits per heavy atom. The van der Waals surface area contributed by atoms with Crippen molar-refractivity contribution in [3.8, 4) is 5.75 Å². The number of carbonyl (C=O) groups excluding carboxylic acids is 3. The molecule has 0 saturated heterocycles. The van der Waals surface area contributed by atoms with Crippen molar-refractivity contribution in [2.75, 3.05) is 40.3 Å². The molecule has 0 aromatic heterocycles. The quantitative estimate of drug-likeness (QED) is 0.263. The standard InChI is InChI=1S/C35H41N3O5/c1-5-42-35(41)34-26(2)38(24-33(40)37(21-20-36(3)4)23-27-12-8-6-9-13-27)32(39)22-31(34)29-16-18-30(19-17-29)43-25-28-14-10-7-11-15-28/h6-19,31H,5,20-25H2,1-4H3. The summed E-state index contributed by atoms with van der Waals surface area (Å²) >= 11 is 0. The second-order valence-corrected chi connectivity index (χ2v) is 10.9. The van der Waals surface area contributed by atoms with Crippen LogP contribution >= 0.6 is 0 Å². The maximum absolute atomic E-state index is 13.6. The van der Waals surface area contributed by atoms with Crippen molar-refractivity contribution < 1.29 is 23.9 Å². The smallest absolute Gasteiger partial charge is 0.336 e. The highest BCUT2D eigenvalue weighted by molar-refractivity contribution is 5.97. The Balaban J connectivity index is 1.55. The average molecular weight is 584 g/mol. The molecule has 4 rings (SSSR count). The lowest BCUT2D eigenvalue weighted by molar-refractivity contribution is -0.142. The van der Waals surface area contributed by atoms with Gasteiger partial charge in [-0.05, 0) is 56.8 Å². The van der Waals surface area contributed by atoms with E-state index in [9.17, 15) is 14.4 Å². The molecular formula is C35H41N3O5. The van der Waals surface area contributed by atoms with Crippen LogP contribution in [0.3, 0.4) is 0 Å². The molecule has 8 nitrogen and oxygen atoms in total. The third-order valence-corrected chi connectivity index (χ3v) is 7.53. The molecule has 3 aromatic rings. The van der Waals surface area contributed by atoms with Crippen LogP contribution in [0.4, 0.5) is 0 Å². The number of hydrogen-bond acceptors (Lipinski definition) is 6. The van der Waals surface area contributed by atoms with E-state index in [1.54, 1.807) is 18.7 Å². The topological polar surface area (TPSA) is 79.4 Å². The van der Waals surface area contributed by atoms with Crippen LogP contribution in [0, 0.1) is 0 Å². The minimum absolute atomic E-state index is 0.0549. The first-order valence-corrected chi connectivity index (χ1v) is 14.7. The number of amides is 2. The molecule has 0 saturated carbocycles. The molecule has 1 heterocycles. The lowest BCUT2D eigenvalue weighted by atomic mass is 9.83. The summed E-state index contributed by atoms with van der Waals surface area (Å²) in [6.45, 7) is 5.60.